The molecule has 1 atom stereocenters. The number of hydrogen-bond donors (Lipinski definition) is 1. The van der Waals surface area contributed by atoms with E-state index in [9.17, 15) is 9.59 Å². The molecule has 0 bridgehead atoms. The first kappa shape index (κ1) is 12.8. The highest BCUT2D eigenvalue weighted by Crippen LogP contribution is 2.36. The average Bonchev–Trinajstić information content (AvgIpc) is 2.92. The Kier molecular flexibility index (Phi) is 3.00. The van der Waals surface area contributed by atoms with Gasteiger partial charge in [-0.25, -0.2) is 0 Å². The number of anilines is 1. The summed E-state index contributed by atoms with van der Waals surface area (Å²) in [5.41, 5.74) is 0.924. The SMILES string of the molecule is COc1cc2c(cc1OC)C(=O)N1CCC[C@@H]1C(=O)N2. The normalized spacial score (nSPS) is 20.9. The van der Waals surface area contributed by atoms with Gasteiger partial charge in [-0.3, -0.25) is 9.59 Å². The van der Waals surface area contributed by atoms with Crippen LogP contribution in [0.1, 0.15) is 23.2 Å². The maximum atomic E-state index is 12.6. The maximum Gasteiger partial charge on any atom is 0.256 e. The number of fused-ring (bicyclic) bond motifs is 2. The summed E-state index contributed by atoms with van der Waals surface area (Å²) >= 11 is 0. The van der Waals surface area contributed by atoms with Crippen LogP contribution in [-0.4, -0.2) is 43.5 Å². The number of benzene rings is 1. The van der Waals surface area contributed by atoms with Gasteiger partial charge in [0, 0.05) is 12.6 Å². The van der Waals surface area contributed by atoms with E-state index >= 15 is 0 Å². The largest absolute Gasteiger partial charge is 0.493 e. The summed E-state index contributed by atoms with van der Waals surface area (Å²) in [6.45, 7) is 0.616. The molecule has 2 amide bonds. The van der Waals surface area contributed by atoms with E-state index in [4.69, 9.17) is 9.47 Å². The second-order valence-corrected chi connectivity index (χ2v) is 4.90. The first-order valence-electron chi connectivity index (χ1n) is 6.53. The molecule has 20 heavy (non-hydrogen) atoms. The van der Waals surface area contributed by atoms with Crippen molar-refractivity contribution in [1.29, 1.82) is 0 Å². The third-order valence-electron chi connectivity index (χ3n) is 3.83. The number of ether oxygens (including phenoxy) is 2. The van der Waals surface area contributed by atoms with Gasteiger partial charge < -0.3 is 19.7 Å². The first-order valence-corrected chi connectivity index (χ1v) is 6.53. The molecule has 106 valence electrons. The van der Waals surface area contributed by atoms with E-state index in [0.717, 1.165) is 6.42 Å². The van der Waals surface area contributed by atoms with Crippen molar-refractivity contribution in [3.8, 4) is 11.5 Å². The van der Waals surface area contributed by atoms with Crippen molar-refractivity contribution >= 4 is 17.5 Å². The molecule has 6 nitrogen and oxygen atoms in total. The monoisotopic (exact) mass is 276 g/mol. The van der Waals surface area contributed by atoms with Crippen molar-refractivity contribution in [2.24, 2.45) is 0 Å². The predicted molar refractivity (Wildman–Crippen MR) is 72.2 cm³/mol. The fourth-order valence-corrected chi connectivity index (χ4v) is 2.81. The topological polar surface area (TPSA) is 67.9 Å². The van der Waals surface area contributed by atoms with Gasteiger partial charge in [-0.05, 0) is 18.9 Å². The molecule has 1 aromatic carbocycles. The molecule has 3 rings (SSSR count). The molecule has 1 aromatic rings. The Balaban J connectivity index is 2.12. The van der Waals surface area contributed by atoms with Gasteiger partial charge in [0.2, 0.25) is 5.91 Å². The smallest absolute Gasteiger partial charge is 0.256 e. The first-order chi connectivity index (χ1) is 9.65. The highest BCUT2D eigenvalue weighted by molar-refractivity contribution is 6.10. The molecule has 0 spiro atoms. The summed E-state index contributed by atoms with van der Waals surface area (Å²) < 4.78 is 10.4. The lowest BCUT2D eigenvalue weighted by atomic mass is 10.1. The Morgan fingerprint density at radius 2 is 1.90 bits per heavy atom. The summed E-state index contributed by atoms with van der Waals surface area (Å²) in [7, 11) is 3.03. The molecule has 0 aromatic heterocycles. The minimum Gasteiger partial charge on any atom is -0.493 e. The van der Waals surface area contributed by atoms with Crippen LogP contribution in [0.2, 0.25) is 0 Å². The summed E-state index contributed by atoms with van der Waals surface area (Å²) in [6.07, 6.45) is 1.56. The fourth-order valence-electron chi connectivity index (χ4n) is 2.81. The molecular weight excluding hydrogens is 260 g/mol. The number of hydrogen-bond acceptors (Lipinski definition) is 4. The van der Waals surface area contributed by atoms with Gasteiger partial charge in [-0.2, -0.15) is 0 Å². The van der Waals surface area contributed by atoms with E-state index < -0.39 is 0 Å². The molecule has 0 unspecified atom stereocenters. The Morgan fingerprint density at radius 1 is 1.20 bits per heavy atom. The van der Waals surface area contributed by atoms with Crippen molar-refractivity contribution in [2.75, 3.05) is 26.1 Å². The summed E-state index contributed by atoms with van der Waals surface area (Å²) in [6, 6.07) is 2.88. The van der Waals surface area contributed by atoms with Crippen LogP contribution in [0.3, 0.4) is 0 Å². The van der Waals surface area contributed by atoms with E-state index in [1.165, 1.54) is 14.2 Å². The van der Waals surface area contributed by atoms with Crippen LogP contribution >= 0.6 is 0 Å². The molecule has 1 saturated heterocycles. The molecular formula is C14H16N2O4. The Labute approximate surface area is 116 Å². The Hall–Kier alpha value is -2.24. The van der Waals surface area contributed by atoms with Crippen LogP contribution in [-0.2, 0) is 4.79 Å². The lowest BCUT2D eigenvalue weighted by molar-refractivity contribution is -0.119. The van der Waals surface area contributed by atoms with Crippen LogP contribution in [0.15, 0.2) is 12.1 Å². The molecule has 0 saturated carbocycles. The number of rotatable bonds is 2. The van der Waals surface area contributed by atoms with Crippen LogP contribution < -0.4 is 14.8 Å². The number of amides is 2. The van der Waals surface area contributed by atoms with Crippen LogP contribution in [0.4, 0.5) is 5.69 Å². The molecule has 0 aliphatic carbocycles. The van der Waals surface area contributed by atoms with Crippen molar-refractivity contribution in [3.05, 3.63) is 17.7 Å². The zero-order valence-corrected chi connectivity index (χ0v) is 11.4. The molecule has 2 aliphatic heterocycles. The number of nitrogens with zero attached hydrogens (tertiary/aromatic N) is 1. The second-order valence-electron chi connectivity index (χ2n) is 4.90. The third kappa shape index (κ3) is 1.79. The number of nitrogens with one attached hydrogen (secondary N) is 1. The van der Waals surface area contributed by atoms with Gasteiger partial charge >= 0.3 is 0 Å². The number of methoxy groups -OCH3 is 2. The highest BCUT2D eigenvalue weighted by atomic mass is 16.5. The standard InChI is InChI=1S/C14H16N2O4/c1-19-11-6-8-9(7-12(11)20-2)15-13(17)10-4-3-5-16(10)14(8)18/h6-7,10H,3-5H2,1-2H3,(H,15,17)/t10-/m1/s1. The molecule has 1 N–H and O–H groups in total. The van der Waals surface area contributed by atoms with Gasteiger partial charge in [-0.1, -0.05) is 0 Å². The van der Waals surface area contributed by atoms with Gasteiger partial charge in [0.1, 0.15) is 6.04 Å². The lowest BCUT2D eigenvalue weighted by Gasteiger charge is -2.20. The van der Waals surface area contributed by atoms with Gasteiger partial charge in [0.05, 0.1) is 25.5 Å². The number of carbonyl (C=O) groups excluding carboxylic acids is 2. The van der Waals surface area contributed by atoms with Gasteiger partial charge in [-0.15, -0.1) is 0 Å². The van der Waals surface area contributed by atoms with Crippen LogP contribution in [0.5, 0.6) is 11.5 Å². The van der Waals surface area contributed by atoms with Crippen LogP contribution in [0.25, 0.3) is 0 Å². The van der Waals surface area contributed by atoms with Crippen molar-refractivity contribution in [1.82, 2.24) is 4.90 Å². The van der Waals surface area contributed by atoms with E-state index in [1.807, 2.05) is 0 Å². The zero-order chi connectivity index (χ0) is 14.3. The quantitative estimate of drug-likeness (QED) is 0.883. The zero-order valence-electron chi connectivity index (χ0n) is 11.4. The second kappa shape index (κ2) is 4.70. The summed E-state index contributed by atoms with van der Waals surface area (Å²) in [5.74, 6) is 0.691. The van der Waals surface area contributed by atoms with E-state index in [-0.39, 0.29) is 17.9 Å². The van der Waals surface area contributed by atoms with Crippen molar-refractivity contribution in [3.63, 3.8) is 0 Å². The van der Waals surface area contributed by atoms with Gasteiger partial charge in [0.15, 0.2) is 11.5 Å². The summed E-state index contributed by atoms with van der Waals surface area (Å²) in [5, 5.41) is 2.81. The van der Waals surface area contributed by atoms with E-state index in [1.54, 1.807) is 17.0 Å². The Morgan fingerprint density at radius 3 is 2.60 bits per heavy atom. The summed E-state index contributed by atoms with van der Waals surface area (Å²) in [4.78, 5) is 26.4. The highest BCUT2D eigenvalue weighted by Gasteiger charge is 2.38. The lowest BCUT2D eigenvalue weighted by Crippen LogP contribution is -2.40. The molecule has 2 aliphatic rings. The molecule has 6 heteroatoms. The fraction of sp³-hybridized carbons (Fsp3) is 0.429. The predicted octanol–water partition coefficient (Wildman–Crippen LogP) is 1.26. The van der Waals surface area contributed by atoms with E-state index in [2.05, 4.69) is 5.32 Å². The third-order valence-corrected chi connectivity index (χ3v) is 3.83. The van der Waals surface area contributed by atoms with Crippen molar-refractivity contribution < 1.29 is 19.1 Å². The van der Waals surface area contributed by atoms with Crippen LogP contribution in [0, 0.1) is 0 Å². The minimum atomic E-state index is -0.369. The Bertz CT molecular complexity index is 585. The van der Waals surface area contributed by atoms with E-state index in [0.29, 0.717) is 35.7 Å². The van der Waals surface area contributed by atoms with Gasteiger partial charge in [0.25, 0.3) is 5.91 Å². The molecule has 1 fully saturated rings. The molecule has 0 radical (unpaired) electrons. The maximum absolute atomic E-state index is 12.6. The minimum absolute atomic E-state index is 0.137. The molecule has 2 heterocycles. The number of carbonyl (C=O) groups is 2. The average molecular weight is 276 g/mol. The van der Waals surface area contributed by atoms with Crippen molar-refractivity contribution in [2.45, 2.75) is 18.9 Å².